The van der Waals surface area contributed by atoms with E-state index in [1.54, 1.807) is 18.2 Å². The molecule has 1 heterocycles. The van der Waals surface area contributed by atoms with Crippen LogP contribution in [-0.4, -0.2) is 14.7 Å². The summed E-state index contributed by atoms with van der Waals surface area (Å²) in [5, 5.41) is 2.52. The van der Waals surface area contributed by atoms with E-state index < -0.39 is 9.70 Å². The van der Waals surface area contributed by atoms with E-state index in [1.807, 2.05) is 26.0 Å². The first-order valence-electron chi connectivity index (χ1n) is 7.10. The third kappa shape index (κ3) is 3.66. The maximum absolute atomic E-state index is 11.7. The number of anilines is 1. The van der Waals surface area contributed by atoms with Gasteiger partial charge in [0.2, 0.25) is 5.89 Å². The molecule has 0 spiro atoms. The van der Waals surface area contributed by atoms with Crippen molar-refractivity contribution < 1.29 is 9.21 Å². The largest absolute Gasteiger partial charge is 0.436 e. The predicted molar refractivity (Wildman–Crippen MR) is 97.8 cm³/mol. The van der Waals surface area contributed by atoms with Crippen LogP contribution in [-0.2, 0) is 4.79 Å². The Hall–Kier alpha value is -1.75. The summed E-state index contributed by atoms with van der Waals surface area (Å²) in [5.41, 5.74) is 4.84. The SMILES string of the molecule is Cc1cc(C)cc(-c2nc3cc(NC(=O)C(Cl)(Cl)Cl)ccc3o2)c1. The van der Waals surface area contributed by atoms with E-state index in [0.717, 1.165) is 16.7 Å². The Balaban J connectivity index is 1.96. The topological polar surface area (TPSA) is 55.1 Å². The molecule has 3 aromatic rings. The zero-order chi connectivity index (χ0) is 17.5. The quantitative estimate of drug-likeness (QED) is 0.601. The average molecular weight is 384 g/mol. The van der Waals surface area contributed by atoms with Crippen molar-refractivity contribution in [2.24, 2.45) is 0 Å². The number of rotatable bonds is 2. The minimum absolute atomic E-state index is 0.471. The summed E-state index contributed by atoms with van der Waals surface area (Å²) >= 11 is 16.7. The van der Waals surface area contributed by atoms with E-state index in [-0.39, 0.29) is 0 Å². The fourth-order valence-electron chi connectivity index (χ4n) is 2.43. The van der Waals surface area contributed by atoms with E-state index in [0.29, 0.717) is 22.7 Å². The maximum Gasteiger partial charge on any atom is 0.276 e. The number of nitrogens with zero attached hydrogens (tertiary/aromatic N) is 1. The molecule has 1 aromatic heterocycles. The molecular formula is C17H13Cl3N2O2. The zero-order valence-corrected chi connectivity index (χ0v) is 15.1. The number of alkyl halides is 3. The number of nitrogens with one attached hydrogen (secondary N) is 1. The number of hydrogen-bond acceptors (Lipinski definition) is 3. The summed E-state index contributed by atoms with van der Waals surface area (Å²) in [4.78, 5) is 16.2. The Morgan fingerprint density at radius 1 is 1.08 bits per heavy atom. The monoisotopic (exact) mass is 382 g/mol. The van der Waals surface area contributed by atoms with Gasteiger partial charge in [-0.2, -0.15) is 0 Å². The first kappa shape index (κ1) is 17.1. The molecule has 0 radical (unpaired) electrons. The number of oxazole rings is 1. The van der Waals surface area contributed by atoms with E-state index in [1.165, 1.54) is 0 Å². The highest BCUT2D eigenvalue weighted by Gasteiger charge is 2.30. The standard InChI is InChI=1S/C17H13Cl3N2O2/c1-9-5-10(2)7-11(6-9)15-22-13-8-12(3-4-14(13)24-15)21-16(23)17(18,19)20/h3-8H,1-2H3,(H,21,23). The third-order valence-corrected chi connectivity index (χ3v) is 3.89. The van der Waals surface area contributed by atoms with Crippen molar-refractivity contribution in [3.8, 4) is 11.5 Å². The Labute approximate surface area is 153 Å². The molecule has 0 aliphatic heterocycles. The van der Waals surface area contributed by atoms with Crippen LogP contribution in [0.3, 0.4) is 0 Å². The Morgan fingerprint density at radius 3 is 2.38 bits per heavy atom. The molecule has 0 unspecified atom stereocenters. The van der Waals surface area contributed by atoms with Gasteiger partial charge in [-0.05, 0) is 44.2 Å². The number of aryl methyl sites for hydroxylation is 2. The normalized spacial score (nSPS) is 11.7. The minimum Gasteiger partial charge on any atom is -0.436 e. The summed E-state index contributed by atoms with van der Waals surface area (Å²) in [6.07, 6.45) is 0. The predicted octanol–water partition coefficient (Wildman–Crippen LogP) is 5.42. The molecule has 124 valence electrons. The summed E-state index contributed by atoms with van der Waals surface area (Å²) in [6, 6.07) is 11.1. The average Bonchev–Trinajstić information content (AvgIpc) is 2.88. The number of hydrogen-bond donors (Lipinski definition) is 1. The Kier molecular flexibility index (Phi) is 4.47. The highest BCUT2D eigenvalue weighted by Crippen LogP contribution is 2.30. The van der Waals surface area contributed by atoms with Crippen molar-refractivity contribution >= 4 is 57.5 Å². The number of carbonyl (C=O) groups is 1. The van der Waals surface area contributed by atoms with Gasteiger partial charge < -0.3 is 9.73 Å². The van der Waals surface area contributed by atoms with Crippen molar-refractivity contribution in [3.63, 3.8) is 0 Å². The van der Waals surface area contributed by atoms with Gasteiger partial charge in [0.05, 0.1) is 0 Å². The molecule has 3 rings (SSSR count). The van der Waals surface area contributed by atoms with Crippen LogP contribution in [0.4, 0.5) is 5.69 Å². The van der Waals surface area contributed by atoms with E-state index in [4.69, 9.17) is 39.2 Å². The molecule has 0 fully saturated rings. The smallest absolute Gasteiger partial charge is 0.276 e. The lowest BCUT2D eigenvalue weighted by atomic mass is 10.1. The van der Waals surface area contributed by atoms with E-state index in [9.17, 15) is 4.79 Å². The van der Waals surface area contributed by atoms with Crippen LogP contribution in [0.1, 0.15) is 11.1 Å². The fourth-order valence-corrected chi connectivity index (χ4v) is 2.57. The second-order valence-electron chi connectivity index (χ2n) is 5.53. The van der Waals surface area contributed by atoms with E-state index >= 15 is 0 Å². The van der Waals surface area contributed by atoms with Gasteiger partial charge >= 0.3 is 0 Å². The number of benzene rings is 2. The molecule has 2 aromatic carbocycles. The zero-order valence-electron chi connectivity index (χ0n) is 12.9. The third-order valence-electron chi connectivity index (χ3n) is 3.37. The second-order valence-corrected chi connectivity index (χ2v) is 7.81. The van der Waals surface area contributed by atoms with Crippen LogP contribution in [0, 0.1) is 13.8 Å². The Morgan fingerprint density at radius 2 is 1.75 bits per heavy atom. The van der Waals surface area contributed by atoms with E-state index in [2.05, 4.69) is 16.4 Å². The van der Waals surface area contributed by atoms with Crippen LogP contribution >= 0.6 is 34.8 Å². The number of halogens is 3. The molecule has 24 heavy (non-hydrogen) atoms. The van der Waals surface area contributed by atoms with Crippen LogP contribution < -0.4 is 5.32 Å². The lowest BCUT2D eigenvalue weighted by Crippen LogP contribution is -2.26. The van der Waals surface area contributed by atoms with Gasteiger partial charge in [-0.3, -0.25) is 4.79 Å². The minimum atomic E-state index is -2.02. The molecule has 4 nitrogen and oxygen atoms in total. The summed E-state index contributed by atoms with van der Waals surface area (Å²) in [5.74, 6) is -0.216. The summed E-state index contributed by atoms with van der Waals surface area (Å²) < 4.78 is 3.76. The van der Waals surface area contributed by atoms with Crippen LogP contribution in [0.5, 0.6) is 0 Å². The van der Waals surface area contributed by atoms with Gasteiger partial charge in [0.15, 0.2) is 5.58 Å². The van der Waals surface area contributed by atoms with Crippen molar-refractivity contribution in [1.29, 1.82) is 0 Å². The number of aromatic nitrogens is 1. The molecule has 0 saturated heterocycles. The van der Waals surface area contributed by atoms with Crippen molar-refractivity contribution in [2.45, 2.75) is 17.6 Å². The van der Waals surface area contributed by atoms with Gasteiger partial charge in [0.1, 0.15) is 5.52 Å². The fraction of sp³-hybridized carbons (Fsp3) is 0.176. The molecular weight excluding hydrogens is 371 g/mol. The first-order chi connectivity index (χ1) is 11.2. The molecule has 0 bridgehead atoms. The second kappa shape index (κ2) is 6.28. The molecule has 0 saturated carbocycles. The molecule has 0 atom stereocenters. The van der Waals surface area contributed by atoms with Crippen molar-refractivity contribution in [2.75, 3.05) is 5.32 Å². The number of fused-ring (bicyclic) bond motifs is 1. The number of carbonyl (C=O) groups excluding carboxylic acids is 1. The molecule has 1 amide bonds. The lowest BCUT2D eigenvalue weighted by molar-refractivity contribution is -0.115. The van der Waals surface area contributed by atoms with Gasteiger partial charge in [-0.1, -0.05) is 52.0 Å². The highest BCUT2D eigenvalue weighted by atomic mass is 35.6. The Bertz CT molecular complexity index is 909. The van der Waals surface area contributed by atoms with Gasteiger partial charge in [-0.15, -0.1) is 0 Å². The molecule has 7 heteroatoms. The van der Waals surface area contributed by atoms with Crippen LogP contribution in [0.25, 0.3) is 22.6 Å². The van der Waals surface area contributed by atoms with Gasteiger partial charge in [0, 0.05) is 11.3 Å². The first-order valence-corrected chi connectivity index (χ1v) is 8.23. The molecule has 1 N–H and O–H groups in total. The maximum atomic E-state index is 11.7. The van der Waals surface area contributed by atoms with Crippen LogP contribution in [0.15, 0.2) is 40.8 Å². The van der Waals surface area contributed by atoms with Gasteiger partial charge in [-0.25, -0.2) is 4.98 Å². The molecule has 0 aliphatic carbocycles. The number of amides is 1. The van der Waals surface area contributed by atoms with Crippen molar-refractivity contribution in [3.05, 3.63) is 47.5 Å². The van der Waals surface area contributed by atoms with Crippen LogP contribution in [0.2, 0.25) is 0 Å². The highest BCUT2D eigenvalue weighted by molar-refractivity contribution is 6.76. The van der Waals surface area contributed by atoms with Crippen molar-refractivity contribution in [1.82, 2.24) is 4.98 Å². The summed E-state index contributed by atoms with van der Waals surface area (Å²) in [7, 11) is 0. The summed E-state index contributed by atoms with van der Waals surface area (Å²) in [6.45, 7) is 4.03. The lowest BCUT2D eigenvalue weighted by Gasteiger charge is -2.10. The molecule has 0 aliphatic rings. The van der Waals surface area contributed by atoms with Gasteiger partial charge in [0.25, 0.3) is 9.70 Å².